The highest BCUT2D eigenvalue weighted by Crippen LogP contribution is 2.25. The summed E-state index contributed by atoms with van der Waals surface area (Å²) >= 11 is 0. The first-order valence-corrected chi connectivity index (χ1v) is 7.59. The maximum absolute atomic E-state index is 9.34. The summed E-state index contributed by atoms with van der Waals surface area (Å²) < 4.78 is 5.92. The van der Waals surface area contributed by atoms with E-state index in [0.717, 1.165) is 30.4 Å². The Morgan fingerprint density at radius 1 is 1.10 bits per heavy atom. The van der Waals surface area contributed by atoms with Crippen LogP contribution >= 0.6 is 0 Å². The van der Waals surface area contributed by atoms with Crippen LogP contribution in [0.5, 0.6) is 5.75 Å². The second-order valence-corrected chi connectivity index (χ2v) is 5.75. The fourth-order valence-electron chi connectivity index (χ4n) is 2.40. The van der Waals surface area contributed by atoms with E-state index in [0.29, 0.717) is 6.61 Å². The summed E-state index contributed by atoms with van der Waals surface area (Å²) in [5.41, 5.74) is -0.181. The molecule has 0 aliphatic rings. The summed E-state index contributed by atoms with van der Waals surface area (Å²) in [5, 5.41) is 14.9. The molecule has 0 aliphatic carbocycles. The SMILES string of the molecule is CNC(C)(CO)CCCCOc1cccc2ccccc12. The Balaban J connectivity index is 1.83. The molecule has 1 unspecified atom stereocenters. The van der Waals surface area contributed by atoms with Crippen molar-refractivity contribution in [1.29, 1.82) is 0 Å². The minimum Gasteiger partial charge on any atom is -0.493 e. The average molecular weight is 287 g/mol. The molecule has 0 saturated carbocycles. The van der Waals surface area contributed by atoms with Crippen molar-refractivity contribution in [2.45, 2.75) is 31.7 Å². The zero-order valence-corrected chi connectivity index (χ0v) is 12.9. The van der Waals surface area contributed by atoms with E-state index in [4.69, 9.17) is 4.74 Å². The van der Waals surface area contributed by atoms with E-state index in [-0.39, 0.29) is 12.1 Å². The second kappa shape index (κ2) is 7.43. The average Bonchev–Trinajstić information content (AvgIpc) is 2.54. The Bertz CT molecular complexity index is 559. The molecule has 0 saturated heterocycles. The van der Waals surface area contributed by atoms with E-state index < -0.39 is 0 Å². The van der Waals surface area contributed by atoms with Gasteiger partial charge >= 0.3 is 0 Å². The van der Waals surface area contributed by atoms with Gasteiger partial charge < -0.3 is 15.2 Å². The van der Waals surface area contributed by atoms with E-state index in [1.54, 1.807) is 0 Å². The number of hydrogen-bond acceptors (Lipinski definition) is 3. The van der Waals surface area contributed by atoms with Crippen molar-refractivity contribution in [2.75, 3.05) is 20.3 Å². The van der Waals surface area contributed by atoms with Crippen molar-refractivity contribution in [3.05, 3.63) is 42.5 Å². The lowest BCUT2D eigenvalue weighted by Crippen LogP contribution is -2.43. The number of ether oxygens (including phenoxy) is 1. The van der Waals surface area contributed by atoms with Gasteiger partial charge in [-0.25, -0.2) is 0 Å². The number of nitrogens with one attached hydrogen (secondary N) is 1. The molecule has 0 radical (unpaired) electrons. The molecule has 0 aliphatic heterocycles. The molecule has 2 N–H and O–H groups in total. The van der Waals surface area contributed by atoms with Crippen molar-refractivity contribution in [1.82, 2.24) is 5.32 Å². The van der Waals surface area contributed by atoms with Crippen LogP contribution in [0.1, 0.15) is 26.2 Å². The van der Waals surface area contributed by atoms with Gasteiger partial charge in [0.15, 0.2) is 0 Å². The third-order valence-electron chi connectivity index (χ3n) is 4.08. The van der Waals surface area contributed by atoms with Gasteiger partial charge in [-0.15, -0.1) is 0 Å². The van der Waals surface area contributed by atoms with E-state index >= 15 is 0 Å². The van der Waals surface area contributed by atoms with Gasteiger partial charge in [-0.3, -0.25) is 0 Å². The van der Waals surface area contributed by atoms with Crippen molar-refractivity contribution in [3.63, 3.8) is 0 Å². The largest absolute Gasteiger partial charge is 0.493 e. The number of rotatable bonds is 8. The van der Waals surface area contributed by atoms with Crippen LogP contribution in [0.25, 0.3) is 10.8 Å². The Hall–Kier alpha value is -1.58. The first-order chi connectivity index (χ1) is 10.2. The second-order valence-electron chi connectivity index (χ2n) is 5.75. The Morgan fingerprint density at radius 3 is 2.62 bits per heavy atom. The Labute approximate surface area is 126 Å². The number of aliphatic hydroxyl groups is 1. The van der Waals surface area contributed by atoms with Crippen LogP contribution < -0.4 is 10.1 Å². The highest BCUT2D eigenvalue weighted by molar-refractivity contribution is 5.88. The number of likely N-dealkylation sites (N-methyl/N-ethyl adjacent to an activating group) is 1. The van der Waals surface area contributed by atoms with Gasteiger partial charge in [0.05, 0.1) is 13.2 Å². The molecule has 1 atom stereocenters. The van der Waals surface area contributed by atoms with Crippen LogP contribution in [0.4, 0.5) is 0 Å². The summed E-state index contributed by atoms with van der Waals surface area (Å²) in [5.74, 6) is 0.951. The molecule has 114 valence electrons. The van der Waals surface area contributed by atoms with Crippen LogP contribution in [0.15, 0.2) is 42.5 Å². The molecule has 0 fully saturated rings. The molecule has 2 rings (SSSR count). The summed E-state index contributed by atoms with van der Waals surface area (Å²) in [6.45, 7) is 2.91. The van der Waals surface area contributed by atoms with Gasteiger partial charge in [-0.1, -0.05) is 36.4 Å². The lowest BCUT2D eigenvalue weighted by atomic mass is 9.96. The Morgan fingerprint density at radius 2 is 1.86 bits per heavy atom. The normalized spacial score (nSPS) is 14.0. The van der Waals surface area contributed by atoms with Gasteiger partial charge in [0.1, 0.15) is 5.75 Å². The number of benzene rings is 2. The zero-order valence-electron chi connectivity index (χ0n) is 12.9. The molecule has 21 heavy (non-hydrogen) atoms. The first-order valence-electron chi connectivity index (χ1n) is 7.59. The number of aliphatic hydroxyl groups excluding tert-OH is 1. The van der Waals surface area contributed by atoms with Crippen molar-refractivity contribution >= 4 is 10.8 Å². The van der Waals surface area contributed by atoms with E-state index in [1.807, 2.05) is 38.2 Å². The highest BCUT2D eigenvalue weighted by atomic mass is 16.5. The van der Waals surface area contributed by atoms with E-state index in [2.05, 4.69) is 23.5 Å². The summed E-state index contributed by atoms with van der Waals surface area (Å²) in [4.78, 5) is 0. The van der Waals surface area contributed by atoms with Crippen molar-refractivity contribution in [2.24, 2.45) is 0 Å². The number of hydrogen-bond donors (Lipinski definition) is 2. The van der Waals surface area contributed by atoms with Gasteiger partial charge in [0, 0.05) is 10.9 Å². The summed E-state index contributed by atoms with van der Waals surface area (Å²) in [6.07, 6.45) is 2.96. The van der Waals surface area contributed by atoms with Gasteiger partial charge in [-0.2, -0.15) is 0 Å². The quantitative estimate of drug-likeness (QED) is 0.732. The fraction of sp³-hybridized carbons (Fsp3) is 0.444. The van der Waals surface area contributed by atoms with Crippen LogP contribution in [0, 0.1) is 0 Å². The lowest BCUT2D eigenvalue weighted by Gasteiger charge is -2.26. The molecule has 3 heteroatoms. The molecular formula is C18H25NO2. The Kier molecular flexibility index (Phi) is 5.59. The third-order valence-corrected chi connectivity index (χ3v) is 4.08. The smallest absolute Gasteiger partial charge is 0.127 e. The third kappa shape index (κ3) is 4.19. The zero-order chi connectivity index (χ0) is 15.1. The molecule has 2 aromatic rings. The van der Waals surface area contributed by atoms with Crippen LogP contribution in [-0.2, 0) is 0 Å². The molecule has 0 bridgehead atoms. The van der Waals surface area contributed by atoms with Crippen molar-refractivity contribution < 1.29 is 9.84 Å². The maximum atomic E-state index is 9.34. The minimum absolute atomic E-state index is 0.160. The fourth-order valence-corrected chi connectivity index (χ4v) is 2.40. The number of fused-ring (bicyclic) bond motifs is 1. The predicted molar refractivity (Wildman–Crippen MR) is 87.8 cm³/mol. The standard InChI is InChI=1S/C18H25NO2/c1-18(14-20,19-2)12-5-6-13-21-17-11-7-9-15-8-3-4-10-16(15)17/h3-4,7-11,19-20H,5-6,12-14H2,1-2H3. The van der Waals surface area contributed by atoms with Gasteiger partial charge in [-0.05, 0) is 44.7 Å². The molecule has 0 aromatic heterocycles. The topological polar surface area (TPSA) is 41.5 Å². The van der Waals surface area contributed by atoms with Crippen LogP contribution in [0.2, 0.25) is 0 Å². The summed E-state index contributed by atoms with van der Waals surface area (Å²) in [7, 11) is 1.89. The molecule has 2 aromatic carbocycles. The predicted octanol–water partition coefficient (Wildman–Crippen LogP) is 3.36. The van der Waals surface area contributed by atoms with Gasteiger partial charge in [0.25, 0.3) is 0 Å². The van der Waals surface area contributed by atoms with Crippen LogP contribution in [-0.4, -0.2) is 30.9 Å². The lowest BCUT2D eigenvalue weighted by molar-refractivity contribution is 0.168. The molecular weight excluding hydrogens is 262 g/mol. The first kappa shape index (κ1) is 15.8. The number of unbranched alkanes of at least 4 members (excludes halogenated alkanes) is 1. The van der Waals surface area contributed by atoms with Crippen molar-refractivity contribution in [3.8, 4) is 5.75 Å². The monoisotopic (exact) mass is 287 g/mol. The maximum Gasteiger partial charge on any atom is 0.127 e. The van der Waals surface area contributed by atoms with Crippen LogP contribution in [0.3, 0.4) is 0 Å². The summed E-state index contributed by atoms with van der Waals surface area (Å²) in [6, 6.07) is 14.4. The molecule has 0 spiro atoms. The van der Waals surface area contributed by atoms with E-state index in [9.17, 15) is 5.11 Å². The minimum atomic E-state index is -0.181. The molecule has 3 nitrogen and oxygen atoms in total. The highest BCUT2D eigenvalue weighted by Gasteiger charge is 2.19. The van der Waals surface area contributed by atoms with Gasteiger partial charge in [0.2, 0.25) is 0 Å². The molecule has 0 amide bonds. The van der Waals surface area contributed by atoms with E-state index in [1.165, 1.54) is 5.39 Å². The molecule has 0 heterocycles.